The number of hydrogen-bond donors (Lipinski definition) is 2. The highest BCUT2D eigenvalue weighted by atomic mass is 16.4. The molecule has 1 aromatic carbocycles. The number of β-amino-alcohol motifs (C(OH)–C–C–N with tert-alkyl or cyclic N) is 1. The third-order valence-corrected chi connectivity index (χ3v) is 4.48. The fraction of sp³-hybridized carbons (Fsp3) is 0.500. The molecule has 1 saturated heterocycles. The van der Waals surface area contributed by atoms with Crippen LogP contribution in [-0.4, -0.2) is 45.7 Å². The number of aliphatic hydroxyl groups excluding tert-OH is 1. The number of likely N-dealkylation sites (tertiary alicyclic amines) is 1. The third kappa shape index (κ3) is 2.78. The highest BCUT2D eigenvalue weighted by molar-refractivity contribution is 5.84. The number of carbonyl (C=O) groups is 2. The number of fused-ring (bicyclic) bond motifs is 1. The summed E-state index contributed by atoms with van der Waals surface area (Å²) in [6.45, 7) is 0.134. The van der Waals surface area contributed by atoms with E-state index in [4.69, 9.17) is 5.11 Å². The second-order valence-electron chi connectivity index (χ2n) is 6.04. The molecule has 1 aliphatic heterocycles. The molecule has 21 heavy (non-hydrogen) atoms. The summed E-state index contributed by atoms with van der Waals surface area (Å²) in [7, 11) is 0. The summed E-state index contributed by atoms with van der Waals surface area (Å²) in [6.07, 6.45) is 1.50. The Morgan fingerprint density at radius 2 is 1.81 bits per heavy atom. The van der Waals surface area contributed by atoms with E-state index >= 15 is 0 Å². The van der Waals surface area contributed by atoms with E-state index in [0.29, 0.717) is 6.42 Å². The molecule has 1 heterocycles. The van der Waals surface area contributed by atoms with Gasteiger partial charge in [-0.25, -0.2) is 4.79 Å². The number of rotatable bonds is 3. The van der Waals surface area contributed by atoms with Gasteiger partial charge in [-0.3, -0.25) is 4.79 Å². The predicted octanol–water partition coefficient (Wildman–Crippen LogP) is 0.838. The van der Waals surface area contributed by atoms with Crippen LogP contribution in [0.3, 0.4) is 0 Å². The van der Waals surface area contributed by atoms with E-state index in [2.05, 4.69) is 12.1 Å². The van der Waals surface area contributed by atoms with E-state index in [1.807, 2.05) is 12.1 Å². The SMILES string of the molecule is O=C(O)[C@@H]1C[C@@H](O)CN1C(=O)CC1Cc2ccccc2C1. The van der Waals surface area contributed by atoms with E-state index in [9.17, 15) is 14.7 Å². The number of carboxylic acids is 1. The minimum Gasteiger partial charge on any atom is -0.480 e. The zero-order valence-corrected chi connectivity index (χ0v) is 11.7. The van der Waals surface area contributed by atoms with Crippen molar-refractivity contribution in [3.05, 3.63) is 35.4 Å². The van der Waals surface area contributed by atoms with Crippen molar-refractivity contribution in [2.24, 2.45) is 5.92 Å². The van der Waals surface area contributed by atoms with Gasteiger partial charge in [0.25, 0.3) is 0 Å². The van der Waals surface area contributed by atoms with Gasteiger partial charge in [0.1, 0.15) is 6.04 Å². The maximum absolute atomic E-state index is 12.4. The molecule has 0 spiro atoms. The van der Waals surface area contributed by atoms with Crippen molar-refractivity contribution in [1.82, 2.24) is 4.90 Å². The molecule has 1 amide bonds. The molecule has 0 unspecified atom stereocenters. The van der Waals surface area contributed by atoms with Crippen LogP contribution in [0.4, 0.5) is 0 Å². The Morgan fingerprint density at radius 3 is 2.38 bits per heavy atom. The van der Waals surface area contributed by atoms with Crippen LogP contribution in [0.2, 0.25) is 0 Å². The van der Waals surface area contributed by atoms with Crippen molar-refractivity contribution in [1.29, 1.82) is 0 Å². The summed E-state index contributed by atoms with van der Waals surface area (Å²) in [6, 6.07) is 7.29. The average Bonchev–Trinajstić information content (AvgIpc) is 3.01. The first kappa shape index (κ1) is 14.1. The zero-order valence-electron chi connectivity index (χ0n) is 11.7. The molecular formula is C16H19NO4. The lowest BCUT2D eigenvalue weighted by molar-refractivity contribution is -0.148. The van der Waals surface area contributed by atoms with Crippen LogP contribution in [0.5, 0.6) is 0 Å². The quantitative estimate of drug-likeness (QED) is 0.864. The van der Waals surface area contributed by atoms with Gasteiger partial charge in [0.2, 0.25) is 5.91 Å². The van der Waals surface area contributed by atoms with Crippen molar-refractivity contribution in [3.63, 3.8) is 0 Å². The van der Waals surface area contributed by atoms with Crippen molar-refractivity contribution in [3.8, 4) is 0 Å². The highest BCUT2D eigenvalue weighted by Crippen LogP contribution is 2.30. The first-order chi connectivity index (χ1) is 10.0. The molecule has 5 nitrogen and oxygen atoms in total. The van der Waals surface area contributed by atoms with E-state index in [-0.39, 0.29) is 24.8 Å². The molecular weight excluding hydrogens is 270 g/mol. The molecule has 1 aromatic rings. The number of benzene rings is 1. The van der Waals surface area contributed by atoms with Crippen LogP contribution in [0.25, 0.3) is 0 Å². The summed E-state index contributed by atoms with van der Waals surface area (Å²) in [5.74, 6) is -0.951. The molecule has 2 aliphatic rings. The molecule has 2 N–H and O–H groups in total. The Balaban J connectivity index is 1.64. The van der Waals surface area contributed by atoms with E-state index in [0.717, 1.165) is 12.8 Å². The monoisotopic (exact) mass is 289 g/mol. The first-order valence-electron chi connectivity index (χ1n) is 7.31. The smallest absolute Gasteiger partial charge is 0.326 e. The zero-order chi connectivity index (χ0) is 15.0. The van der Waals surface area contributed by atoms with Gasteiger partial charge in [0, 0.05) is 19.4 Å². The lowest BCUT2D eigenvalue weighted by Crippen LogP contribution is -2.41. The summed E-state index contributed by atoms with van der Waals surface area (Å²) < 4.78 is 0. The van der Waals surface area contributed by atoms with E-state index < -0.39 is 18.1 Å². The molecule has 1 fully saturated rings. The van der Waals surface area contributed by atoms with Gasteiger partial charge in [-0.2, -0.15) is 0 Å². The molecule has 0 saturated carbocycles. The van der Waals surface area contributed by atoms with Crippen LogP contribution >= 0.6 is 0 Å². The fourth-order valence-electron chi connectivity index (χ4n) is 3.48. The summed E-state index contributed by atoms with van der Waals surface area (Å²) in [5, 5.41) is 18.8. The number of amides is 1. The number of carboxylic acid groups (broad SMARTS) is 1. The number of aliphatic hydroxyl groups is 1. The van der Waals surface area contributed by atoms with Gasteiger partial charge in [0.15, 0.2) is 0 Å². The molecule has 112 valence electrons. The van der Waals surface area contributed by atoms with Crippen molar-refractivity contribution >= 4 is 11.9 Å². The van der Waals surface area contributed by atoms with Gasteiger partial charge in [0.05, 0.1) is 6.10 Å². The summed E-state index contributed by atoms with van der Waals surface area (Å²) >= 11 is 0. The van der Waals surface area contributed by atoms with E-state index in [1.165, 1.54) is 16.0 Å². The van der Waals surface area contributed by atoms with Gasteiger partial charge < -0.3 is 15.1 Å². The van der Waals surface area contributed by atoms with Gasteiger partial charge >= 0.3 is 5.97 Å². The predicted molar refractivity (Wildman–Crippen MR) is 75.7 cm³/mol. The number of hydrogen-bond acceptors (Lipinski definition) is 3. The molecule has 0 bridgehead atoms. The lowest BCUT2D eigenvalue weighted by Gasteiger charge is -2.22. The highest BCUT2D eigenvalue weighted by Gasteiger charge is 2.39. The van der Waals surface area contributed by atoms with Gasteiger partial charge in [-0.05, 0) is 29.9 Å². The van der Waals surface area contributed by atoms with Gasteiger partial charge in [-0.1, -0.05) is 24.3 Å². The second kappa shape index (κ2) is 5.48. The third-order valence-electron chi connectivity index (χ3n) is 4.48. The van der Waals surface area contributed by atoms with Crippen molar-refractivity contribution in [2.75, 3.05) is 6.54 Å². The maximum atomic E-state index is 12.4. The Hall–Kier alpha value is -1.88. The molecule has 5 heteroatoms. The topological polar surface area (TPSA) is 77.8 Å². The Labute approximate surface area is 123 Å². The number of carbonyl (C=O) groups excluding carboxylic acids is 1. The standard InChI is InChI=1S/C16H19NO4/c18-13-8-14(16(20)21)17(9-13)15(19)7-10-5-11-3-1-2-4-12(11)6-10/h1-4,10,13-14,18H,5-9H2,(H,20,21)/t13-,14+/m1/s1. The first-order valence-corrected chi connectivity index (χ1v) is 7.31. The number of aliphatic carboxylic acids is 1. The molecule has 0 radical (unpaired) electrons. The van der Waals surface area contributed by atoms with Crippen LogP contribution in [0.1, 0.15) is 24.0 Å². The molecule has 0 aromatic heterocycles. The van der Waals surface area contributed by atoms with Crippen molar-refractivity contribution < 1.29 is 19.8 Å². The lowest BCUT2D eigenvalue weighted by atomic mass is 10.0. The second-order valence-corrected chi connectivity index (χ2v) is 6.04. The normalized spacial score (nSPS) is 25.1. The summed E-state index contributed by atoms with van der Waals surface area (Å²) in [5.41, 5.74) is 2.57. The average molecular weight is 289 g/mol. The van der Waals surface area contributed by atoms with Crippen LogP contribution in [0.15, 0.2) is 24.3 Å². The Bertz CT molecular complexity index is 546. The Kier molecular flexibility index (Phi) is 3.68. The fourth-order valence-corrected chi connectivity index (χ4v) is 3.48. The van der Waals surface area contributed by atoms with Crippen molar-refractivity contribution in [2.45, 2.75) is 37.8 Å². The maximum Gasteiger partial charge on any atom is 0.326 e. The minimum absolute atomic E-state index is 0.131. The molecule has 3 rings (SSSR count). The molecule has 2 atom stereocenters. The van der Waals surface area contributed by atoms with Crippen LogP contribution < -0.4 is 0 Å². The van der Waals surface area contributed by atoms with Crippen LogP contribution in [0, 0.1) is 5.92 Å². The largest absolute Gasteiger partial charge is 0.480 e. The molecule has 1 aliphatic carbocycles. The van der Waals surface area contributed by atoms with E-state index in [1.54, 1.807) is 0 Å². The van der Waals surface area contributed by atoms with Crippen LogP contribution in [-0.2, 0) is 22.4 Å². The summed E-state index contributed by atoms with van der Waals surface area (Å²) in [4.78, 5) is 24.9. The number of nitrogens with zero attached hydrogens (tertiary/aromatic N) is 1. The van der Waals surface area contributed by atoms with Gasteiger partial charge in [-0.15, -0.1) is 0 Å². The minimum atomic E-state index is -1.03. The Morgan fingerprint density at radius 1 is 1.19 bits per heavy atom.